The molecule has 0 N–H and O–H groups in total. The molecule has 5 nitrogen and oxygen atoms in total. The minimum Gasteiger partial charge on any atom is -0.340 e. The molecule has 0 radical (unpaired) electrons. The van der Waals surface area contributed by atoms with Crippen molar-refractivity contribution >= 4 is 11.3 Å². The third-order valence-electron chi connectivity index (χ3n) is 4.36. The quantitative estimate of drug-likeness (QED) is 0.847. The normalized spacial score (nSPS) is 20.4. The molecule has 3 heterocycles. The van der Waals surface area contributed by atoms with Crippen LogP contribution in [-0.4, -0.2) is 46.1 Å². The fourth-order valence-electron chi connectivity index (χ4n) is 3.14. The van der Waals surface area contributed by atoms with E-state index in [1.54, 1.807) is 11.3 Å². The van der Waals surface area contributed by atoms with Gasteiger partial charge in [0.1, 0.15) is 0 Å². The average molecular weight is 320 g/mol. The van der Waals surface area contributed by atoms with Gasteiger partial charge < -0.3 is 4.52 Å². The van der Waals surface area contributed by atoms with Crippen molar-refractivity contribution in [3.05, 3.63) is 34.1 Å². The number of nitrogens with zero attached hydrogens (tertiary/aromatic N) is 4. The molecule has 2 aromatic heterocycles. The third-order valence-corrected chi connectivity index (χ3v) is 5.09. The van der Waals surface area contributed by atoms with Crippen molar-refractivity contribution in [3.8, 4) is 0 Å². The molecule has 120 valence electrons. The van der Waals surface area contributed by atoms with Crippen molar-refractivity contribution in [1.29, 1.82) is 0 Å². The highest BCUT2D eigenvalue weighted by atomic mass is 32.1. The van der Waals surface area contributed by atoms with Crippen LogP contribution in [0.3, 0.4) is 0 Å². The standard InChI is InChI=1S/C16H24N4OS/c1-13-17-16(18-21-13)11-19(2)15-4-3-7-20(8-5-15)10-14-6-9-22-12-14/h6,9,12,15H,3-5,7-8,10-11H2,1-2H3/t15-/m0/s1. The van der Waals surface area contributed by atoms with Gasteiger partial charge in [0.25, 0.3) is 0 Å². The maximum absolute atomic E-state index is 5.06. The lowest BCUT2D eigenvalue weighted by Crippen LogP contribution is -2.33. The van der Waals surface area contributed by atoms with Gasteiger partial charge in [-0.1, -0.05) is 5.16 Å². The molecule has 6 heteroatoms. The smallest absolute Gasteiger partial charge is 0.223 e. The van der Waals surface area contributed by atoms with Gasteiger partial charge in [0, 0.05) is 19.5 Å². The fraction of sp³-hybridized carbons (Fsp3) is 0.625. The lowest BCUT2D eigenvalue weighted by atomic mass is 10.1. The molecule has 0 unspecified atom stereocenters. The monoisotopic (exact) mass is 320 g/mol. The van der Waals surface area contributed by atoms with Gasteiger partial charge in [-0.05, 0) is 61.8 Å². The van der Waals surface area contributed by atoms with Crippen molar-refractivity contribution in [2.24, 2.45) is 0 Å². The summed E-state index contributed by atoms with van der Waals surface area (Å²) in [5.74, 6) is 1.44. The van der Waals surface area contributed by atoms with E-state index in [2.05, 4.69) is 43.8 Å². The molecule has 1 atom stereocenters. The molecular weight excluding hydrogens is 296 g/mol. The van der Waals surface area contributed by atoms with E-state index in [-0.39, 0.29) is 0 Å². The van der Waals surface area contributed by atoms with Gasteiger partial charge in [0.05, 0.1) is 6.54 Å². The van der Waals surface area contributed by atoms with Crippen LogP contribution in [0.2, 0.25) is 0 Å². The Morgan fingerprint density at radius 3 is 3.05 bits per heavy atom. The van der Waals surface area contributed by atoms with E-state index in [9.17, 15) is 0 Å². The van der Waals surface area contributed by atoms with Crippen molar-refractivity contribution in [3.63, 3.8) is 0 Å². The minimum atomic E-state index is 0.603. The topological polar surface area (TPSA) is 45.4 Å². The molecule has 0 bridgehead atoms. The second kappa shape index (κ2) is 7.35. The van der Waals surface area contributed by atoms with Crippen LogP contribution in [0, 0.1) is 6.92 Å². The van der Waals surface area contributed by atoms with E-state index in [0.717, 1.165) is 25.5 Å². The SMILES string of the molecule is Cc1nc(CN(C)[C@H]2CCCN(Cc3ccsc3)CC2)no1. The number of aryl methyl sites for hydroxylation is 1. The summed E-state index contributed by atoms with van der Waals surface area (Å²) in [5, 5.41) is 8.42. The molecular formula is C16H24N4OS. The number of likely N-dealkylation sites (tertiary alicyclic amines) is 1. The summed E-state index contributed by atoms with van der Waals surface area (Å²) in [7, 11) is 2.17. The number of thiophene rings is 1. The summed E-state index contributed by atoms with van der Waals surface area (Å²) in [6.45, 7) is 6.05. The molecule has 1 saturated heterocycles. The Morgan fingerprint density at radius 2 is 2.32 bits per heavy atom. The lowest BCUT2D eigenvalue weighted by molar-refractivity contribution is 0.200. The van der Waals surface area contributed by atoms with Crippen molar-refractivity contribution in [1.82, 2.24) is 19.9 Å². The van der Waals surface area contributed by atoms with Gasteiger partial charge in [0.2, 0.25) is 5.89 Å². The Morgan fingerprint density at radius 1 is 1.41 bits per heavy atom. The highest BCUT2D eigenvalue weighted by Gasteiger charge is 2.21. The average Bonchev–Trinajstić information content (AvgIpc) is 3.07. The maximum Gasteiger partial charge on any atom is 0.223 e. The van der Waals surface area contributed by atoms with Gasteiger partial charge in [-0.15, -0.1) is 0 Å². The summed E-state index contributed by atoms with van der Waals surface area (Å²) < 4.78 is 5.06. The molecule has 1 fully saturated rings. The van der Waals surface area contributed by atoms with Gasteiger partial charge in [-0.3, -0.25) is 9.80 Å². The predicted molar refractivity (Wildman–Crippen MR) is 87.7 cm³/mol. The fourth-order valence-corrected chi connectivity index (χ4v) is 3.80. The van der Waals surface area contributed by atoms with Crippen LogP contribution in [0.5, 0.6) is 0 Å². The lowest BCUT2D eigenvalue weighted by Gasteiger charge is -2.26. The summed E-state index contributed by atoms with van der Waals surface area (Å²) in [6, 6.07) is 2.84. The number of rotatable bonds is 5. The second-order valence-electron chi connectivity index (χ2n) is 6.14. The molecule has 3 rings (SSSR count). The first kappa shape index (κ1) is 15.6. The number of hydrogen-bond acceptors (Lipinski definition) is 6. The first-order valence-electron chi connectivity index (χ1n) is 7.93. The van der Waals surface area contributed by atoms with Gasteiger partial charge >= 0.3 is 0 Å². The van der Waals surface area contributed by atoms with Gasteiger partial charge in [-0.25, -0.2) is 0 Å². The molecule has 22 heavy (non-hydrogen) atoms. The zero-order valence-electron chi connectivity index (χ0n) is 13.4. The van der Waals surface area contributed by atoms with Crippen molar-refractivity contribution < 1.29 is 4.52 Å². The molecule has 2 aromatic rings. The van der Waals surface area contributed by atoms with E-state index in [0.29, 0.717) is 11.9 Å². The molecule has 1 aliphatic rings. The Labute approximate surface area is 135 Å². The Hall–Kier alpha value is -1.24. The highest BCUT2D eigenvalue weighted by molar-refractivity contribution is 7.07. The maximum atomic E-state index is 5.06. The number of hydrogen-bond donors (Lipinski definition) is 0. The van der Waals surface area contributed by atoms with E-state index in [1.165, 1.54) is 31.4 Å². The molecule has 0 aromatic carbocycles. The summed E-state index contributed by atoms with van der Waals surface area (Å²) >= 11 is 1.78. The Balaban J connectivity index is 1.51. The molecule has 0 spiro atoms. The zero-order chi connectivity index (χ0) is 15.4. The van der Waals surface area contributed by atoms with Crippen LogP contribution in [0.4, 0.5) is 0 Å². The number of aromatic nitrogens is 2. The van der Waals surface area contributed by atoms with E-state index in [1.807, 2.05) is 6.92 Å². The molecule has 0 saturated carbocycles. The van der Waals surface area contributed by atoms with E-state index < -0.39 is 0 Å². The predicted octanol–water partition coefficient (Wildman–Crippen LogP) is 2.93. The zero-order valence-corrected chi connectivity index (χ0v) is 14.2. The largest absolute Gasteiger partial charge is 0.340 e. The Bertz CT molecular complexity index is 568. The molecule has 0 amide bonds. The van der Waals surface area contributed by atoms with Crippen LogP contribution in [-0.2, 0) is 13.1 Å². The second-order valence-corrected chi connectivity index (χ2v) is 6.92. The summed E-state index contributed by atoms with van der Waals surface area (Å²) in [6.07, 6.45) is 3.70. The van der Waals surface area contributed by atoms with Crippen molar-refractivity contribution in [2.45, 2.75) is 45.3 Å². The van der Waals surface area contributed by atoms with E-state index >= 15 is 0 Å². The van der Waals surface area contributed by atoms with Crippen LogP contribution in [0.1, 0.15) is 36.5 Å². The Kier molecular flexibility index (Phi) is 5.23. The molecule has 0 aliphatic carbocycles. The van der Waals surface area contributed by atoms with E-state index in [4.69, 9.17) is 4.52 Å². The third kappa shape index (κ3) is 4.15. The van der Waals surface area contributed by atoms with Crippen LogP contribution in [0.15, 0.2) is 21.3 Å². The first-order chi connectivity index (χ1) is 10.7. The molecule has 1 aliphatic heterocycles. The van der Waals surface area contributed by atoms with Crippen LogP contribution >= 0.6 is 11.3 Å². The van der Waals surface area contributed by atoms with Gasteiger partial charge in [0.15, 0.2) is 5.82 Å². The minimum absolute atomic E-state index is 0.603. The summed E-state index contributed by atoms with van der Waals surface area (Å²) in [5.41, 5.74) is 1.44. The van der Waals surface area contributed by atoms with Gasteiger partial charge in [-0.2, -0.15) is 16.3 Å². The van der Waals surface area contributed by atoms with Crippen molar-refractivity contribution in [2.75, 3.05) is 20.1 Å². The first-order valence-corrected chi connectivity index (χ1v) is 8.88. The van der Waals surface area contributed by atoms with Crippen LogP contribution < -0.4 is 0 Å². The van der Waals surface area contributed by atoms with Crippen LogP contribution in [0.25, 0.3) is 0 Å². The highest BCUT2D eigenvalue weighted by Crippen LogP contribution is 2.19. The summed E-state index contributed by atoms with van der Waals surface area (Å²) in [4.78, 5) is 9.26.